The van der Waals surface area contributed by atoms with Crippen molar-refractivity contribution in [3.05, 3.63) is 11.4 Å². The average molecular weight is 108 g/mol. The molecule has 0 aliphatic rings. The maximum absolute atomic E-state index is 9.37. The highest BCUT2D eigenvalue weighted by Crippen LogP contribution is 2.10. The Morgan fingerprint density at radius 3 is 2.20 bits per heavy atom. The van der Waals surface area contributed by atoms with Crippen LogP contribution in [0.15, 0.2) is 11.4 Å². The second kappa shape index (κ2) is 2.37. The van der Waals surface area contributed by atoms with E-state index in [1.807, 2.05) is 0 Å². The standard InChI is InChI=1S/C2H2ClOP/c1-2(3)5-4/h1H2. The van der Waals surface area contributed by atoms with E-state index in [2.05, 4.69) is 6.58 Å². The maximum Gasteiger partial charge on any atom is 0.204 e. The Kier molecular flexibility index (Phi) is 2.43. The lowest BCUT2D eigenvalue weighted by atomic mass is 11.3. The molecule has 28 valence electrons. The lowest BCUT2D eigenvalue weighted by Gasteiger charge is -1.59. The molecule has 0 N–H and O–H groups in total. The van der Waals surface area contributed by atoms with Gasteiger partial charge in [-0.05, 0) is 0 Å². The van der Waals surface area contributed by atoms with Crippen molar-refractivity contribution in [2.24, 2.45) is 0 Å². The third-order valence-electron chi connectivity index (χ3n) is 0.0991. The minimum Gasteiger partial charge on any atom is -0.268 e. The predicted octanol–water partition coefficient (Wildman–Crippen LogP) is 1.99. The largest absolute Gasteiger partial charge is 0.268 e. The van der Waals surface area contributed by atoms with Gasteiger partial charge in [0.05, 0.1) is 0 Å². The lowest BCUT2D eigenvalue weighted by Crippen LogP contribution is -1.28. The molecule has 0 aromatic carbocycles. The molecule has 0 amide bonds. The average Bonchev–Trinajstić information content (AvgIpc) is 1.38. The molecule has 0 rings (SSSR count). The summed E-state index contributed by atoms with van der Waals surface area (Å²) in [5, 5.41) is 0. The van der Waals surface area contributed by atoms with E-state index in [4.69, 9.17) is 11.6 Å². The van der Waals surface area contributed by atoms with E-state index in [9.17, 15) is 4.57 Å². The molecule has 0 aromatic heterocycles. The highest BCUT2D eigenvalue weighted by molar-refractivity contribution is 7.33. The van der Waals surface area contributed by atoms with Crippen LogP contribution in [0.1, 0.15) is 0 Å². The fourth-order valence-electron chi connectivity index (χ4n) is 0. The molecule has 0 unspecified atom stereocenters. The predicted molar refractivity (Wildman–Crippen MR) is 22.6 cm³/mol. The lowest BCUT2D eigenvalue weighted by molar-refractivity contribution is 0.602. The zero-order chi connectivity index (χ0) is 4.28. The summed E-state index contributed by atoms with van der Waals surface area (Å²) >= 11 is 4.94. The summed E-state index contributed by atoms with van der Waals surface area (Å²) in [7, 11) is -0.182. The number of rotatable bonds is 1. The first-order valence-corrected chi connectivity index (χ1v) is 2.14. The van der Waals surface area contributed by atoms with Gasteiger partial charge in [0.2, 0.25) is 8.46 Å². The highest BCUT2D eigenvalue weighted by Gasteiger charge is 1.72. The van der Waals surface area contributed by atoms with Gasteiger partial charge in [0.1, 0.15) is 4.77 Å². The fraction of sp³-hybridized carbons (Fsp3) is 0. The molecule has 1 nitrogen and oxygen atoms in total. The van der Waals surface area contributed by atoms with Crippen LogP contribution in [-0.4, -0.2) is 0 Å². The van der Waals surface area contributed by atoms with Crippen LogP contribution in [0.4, 0.5) is 0 Å². The molecular weight excluding hydrogens is 106 g/mol. The van der Waals surface area contributed by atoms with Crippen LogP contribution in [0.2, 0.25) is 0 Å². The molecule has 0 saturated heterocycles. The monoisotopic (exact) mass is 108 g/mol. The summed E-state index contributed by atoms with van der Waals surface area (Å²) in [5.41, 5.74) is 0. The fourth-order valence-corrected chi connectivity index (χ4v) is 0. The van der Waals surface area contributed by atoms with Gasteiger partial charge in [-0.1, -0.05) is 18.2 Å². The van der Waals surface area contributed by atoms with Gasteiger partial charge in [-0.25, -0.2) is 0 Å². The van der Waals surface area contributed by atoms with Crippen LogP contribution < -0.4 is 0 Å². The molecule has 0 saturated carbocycles. The van der Waals surface area contributed by atoms with Gasteiger partial charge >= 0.3 is 0 Å². The normalized spacial score (nSPS) is 8.20. The van der Waals surface area contributed by atoms with Crippen molar-refractivity contribution >= 4 is 20.1 Å². The molecule has 0 fully saturated rings. The van der Waals surface area contributed by atoms with Crippen LogP contribution in [0.3, 0.4) is 0 Å². The highest BCUT2D eigenvalue weighted by atomic mass is 35.5. The van der Waals surface area contributed by atoms with Crippen LogP contribution in [0.5, 0.6) is 0 Å². The van der Waals surface area contributed by atoms with Crippen LogP contribution in [0, 0.1) is 0 Å². The molecule has 0 spiro atoms. The topological polar surface area (TPSA) is 17.1 Å². The van der Waals surface area contributed by atoms with E-state index >= 15 is 0 Å². The van der Waals surface area contributed by atoms with E-state index < -0.39 is 0 Å². The molecule has 0 aromatic rings. The Hall–Kier alpha value is 0.130. The SMILES string of the molecule is C=C(Cl)P=O. The number of hydrogen-bond acceptors (Lipinski definition) is 1. The number of halogens is 1. The van der Waals surface area contributed by atoms with E-state index in [0.29, 0.717) is 0 Å². The van der Waals surface area contributed by atoms with Crippen LogP contribution >= 0.6 is 20.1 Å². The summed E-state index contributed by atoms with van der Waals surface area (Å²) in [4.78, 5) is 0. The summed E-state index contributed by atoms with van der Waals surface area (Å²) < 4.78 is 9.51. The van der Waals surface area contributed by atoms with Crippen molar-refractivity contribution in [2.45, 2.75) is 0 Å². The Morgan fingerprint density at radius 1 is 2.00 bits per heavy atom. The Labute approximate surface area is 36.8 Å². The van der Waals surface area contributed by atoms with Crippen molar-refractivity contribution in [1.82, 2.24) is 0 Å². The van der Waals surface area contributed by atoms with Gasteiger partial charge in [0, 0.05) is 0 Å². The van der Waals surface area contributed by atoms with Crippen molar-refractivity contribution in [3.63, 3.8) is 0 Å². The Morgan fingerprint density at radius 2 is 2.20 bits per heavy atom. The van der Waals surface area contributed by atoms with Crippen molar-refractivity contribution < 1.29 is 4.57 Å². The molecule has 0 bridgehead atoms. The van der Waals surface area contributed by atoms with Gasteiger partial charge in [-0.15, -0.1) is 0 Å². The third-order valence-corrected chi connectivity index (χ3v) is 0.504. The Bertz CT molecular complexity index is 60.7. The molecule has 0 aliphatic carbocycles. The maximum atomic E-state index is 9.37. The van der Waals surface area contributed by atoms with Gasteiger partial charge in [0.25, 0.3) is 0 Å². The third kappa shape index (κ3) is 4.13. The first kappa shape index (κ1) is 5.13. The first-order valence-electron chi connectivity index (χ1n) is 0.949. The van der Waals surface area contributed by atoms with E-state index in [-0.39, 0.29) is 13.2 Å². The molecule has 0 aliphatic heterocycles. The minimum atomic E-state index is -0.182. The van der Waals surface area contributed by atoms with Crippen LogP contribution in [-0.2, 0) is 4.57 Å². The Balaban J connectivity index is 3.20. The summed E-state index contributed by atoms with van der Waals surface area (Å²) in [5.74, 6) is 0. The zero-order valence-corrected chi connectivity index (χ0v) is 4.09. The molecule has 3 heteroatoms. The summed E-state index contributed by atoms with van der Waals surface area (Å²) in [6.07, 6.45) is 0. The van der Waals surface area contributed by atoms with E-state index in [1.54, 1.807) is 0 Å². The summed E-state index contributed by atoms with van der Waals surface area (Å²) in [6, 6.07) is 0. The van der Waals surface area contributed by atoms with E-state index in [0.717, 1.165) is 0 Å². The molecule has 0 radical (unpaired) electrons. The van der Waals surface area contributed by atoms with Crippen molar-refractivity contribution in [2.75, 3.05) is 0 Å². The van der Waals surface area contributed by atoms with E-state index in [1.165, 1.54) is 0 Å². The van der Waals surface area contributed by atoms with Gasteiger partial charge in [-0.2, -0.15) is 0 Å². The van der Waals surface area contributed by atoms with Crippen molar-refractivity contribution in [3.8, 4) is 0 Å². The molecule has 0 atom stereocenters. The van der Waals surface area contributed by atoms with Crippen LogP contribution in [0.25, 0.3) is 0 Å². The second-order valence-electron chi connectivity index (χ2n) is 0.468. The molecule has 0 heterocycles. The van der Waals surface area contributed by atoms with Gasteiger partial charge < -0.3 is 0 Å². The molecular formula is C2H2ClOP. The summed E-state index contributed by atoms with van der Waals surface area (Å²) in [6.45, 7) is 3.11. The number of hydrogen-bond donors (Lipinski definition) is 0. The molecule has 5 heavy (non-hydrogen) atoms. The second-order valence-corrected chi connectivity index (χ2v) is 1.91. The first-order chi connectivity index (χ1) is 2.27. The van der Waals surface area contributed by atoms with Gasteiger partial charge in [0.15, 0.2) is 0 Å². The van der Waals surface area contributed by atoms with Crippen molar-refractivity contribution in [1.29, 1.82) is 0 Å². The zero-order valence-electron chi connectivity index (χ0n) is 2.44. The quantitative estimate of drug-likeness (QED) is 0.470. The van der Waals surface area contributed by atoms with Gasteiger partial charge in [-0.3, -0.25) is 4.57 Å². The smallest absolute Gasteiger partial charge is 0.204 e. The minimum absolute atomic E-state index is 0.144.